The number of ether oxygens (including phenoxy) is 2. The van der Waals surface area contributed by atoms with Crippen molar-refractivity contribution in [1.82, 2.24) is 4.98 Å². The average molecular weight is 276 g/mol. The Kier molecular flexibility index (Phi) is 4.14. The summed E-state index contributed by atoms with van der Waals surface area (Å²) >= 11 is 0. The van der Waals surface area contributed by atoms with Crippen LogP contribution in [0.25, 0.3) is 0 Å². The van der Waals surface area contributed by atoms with E-state index in [1.807, 2.05) is 0 Å². The number of halogens is 1. The van der Waals surface area contributed by atoms with E-state index in [0.29, 0.717) is 0 Å². The molecule has 104 valence electrons. The first-order chi connectivity index (χ1) is 9.67. The Morgan fingerprint density at radius 1 is 1.25 bits per heavy atom. The molecule has 20 heavy (non-hydrogen) atoms. The van der Waals surface area contributed by atoms with Crippen LogP contribution in [0.5, 0.6) is 5.75 Å². The summed E-state index contributed by atoms with van der Waals surface area (Å²) in [5.41, 5.74) is 0.380. The van der Waals surface area contributed by atoms with Gasteiger partial charge < -0.3 is 14.8 Å². The summed E-state index contributed by atoms with van der Waals surface area (Å²) in [4.78, 5) is 15.6. The van der Waals surface area contributed by atoms with E-state index < -0.39 is 11.8 Å². The minimum Gasteiger partial charge on any atom is -0.494 e. The molecule has 0 saturated carbocycles. The van der Waals surface area contributed by atoms with E-state index in [2.05, 4.69) is 15.0 Å². The van der Waals surface area contributed by atoms with Gasteiger partial charge in [0.05, 0.1) is 19.9 Å². The van der Waals surface area contributed by atoms with Crippen molar-refractivity contribution in [2.45, 2.75) is 0 Å². The molecule has 0 bridgehead atoms. The van der Waals surface area contributed by atoms with Gasteiger partial charge in [-0.1, -0.05) is 6.07 Å². The van der Waals surface area contributed by atoms with Gasteiger partial charge in [-0.3, -0.25) is 0 Å². The summed E-state index contributed by atoms with van der Waals surface area (Å²) in [5, 5.41) is 2.76. The van der Waals surface area contributed by atoms with Gasteiger partial charge in [0.15, 0.2) is 11.6 Å². The molecule has 2 rings (SSSR count). The van der Waals surface area contributed by atoms with Crippen molar-refractivity contribution in [1.29, 1.82) is 0 Å². The monoisotopic (exact) mass is 276 g/mol. The lowest BCUT2D eigenvalue weighted by Crippen LogP contribution is -2.07. The molecule has 0 saturated heterocycles. The normalized spacial score (nSPS) is 9.95. The van der Waals surface area contributed by atoms with Gasteiger partial charge in [-0.25, -0.2) is 14.2 Å². The van der Waals surface area contributed by atoms with Gasteiger partial charge in [-0.2, -0.15) is 0 Å². The maximum atomic E-state index is 14.0. The van der Waals surface area contributed by atoms with Gasteiger partial charge in [0, 0.05) is 6.20 Å². The predicted molar refractivity (Wildman–Crippen MR) is 71.8 cm³/mol. The lowest BCUT2D eigenvalue weighted by Gasteiger charge is -2.11. The number of nitrogens with zero attached hydrogens (tertiary/aromatic N) is 1. The molecule has 6 heteroatoms. The number of carbonyl (C=O) groups excluding carboxylic acids is 1. The lowest BCUT2D eigenvalue weighted by molar-refractivity contribution is 0.0601. The fraction of sp³-hybridized carbons (Fsp3) is 0.143. The van der Waals surface area contributed by atoms with E-state index in [1.54, 1.807) is 18.2 Å². The zero-order valence-electron chi connectivity index (χ0n) is 11.0. The Labute approximate surface area is 115 Å². The van der Waals surface area contributed by atoms with Crippen molar-refractivity contribution >= 4 is 17.5 Å². The highest BCUT2D eigenvalue weighted by molar-refractivity contribution is 5.95. The minimum absolute atomic E-state index is 0.102. The van der Waals surface area contributed by atoms with Gasteiger partial charge in [0.25, 0.3) is 0 Å². The number of carbonyl (C=O) groups is 1. The standard InChI is InChI=1S/C14H13FN2O3/c1-19-11-7-3-6-10(12(11)15)17-13-9(14(18)20-2)5-4-8-16-13/h3-8H,1-2H3,(H,16,17). The molecule has 1 aromatic carbocycles. The number of esters is 1. The highest BCUT2D eigenvalue weighted by Gasteiger charge is 2.15. The third-order valence-electron chi connectivity index (χ3n) is 2.65. The summed E-state index contributed by atoms with van der Waals surface area (Å²) in [7, 11) is 2.65. The first kappa shape index (κ1) is 13.8. The molecule has 0 atom stereocenters. The molecular formula is C14H13FN2O3. The molecule has 0 unspecified atom stereocenters. The molecule has 1 N–H and O–H groups in total. The second-order valence-electron chi connectivity index (χ2n) is 3.84. The molecule has 0 aliphatic heterocycles. The second-order valence-corrected chi connectivity index (χ2v) is 3.84. The smallest absolute Gasteiger partial charge is 0.341 e. The van der Waals surface area contributed by atoms with Crippen molar-refractivity contribution in [3.63, 3.8) is 0 Å². The Bertz CT molecular complexity index is 632. The summed E-state index contributed by atoms with van der Waals surface area (Å²) in [6.45, 7) is 0. The topological polar surface area (TPSA) is 60.5 Å². The van der Waals surface area contributed by atoms with Crippen molar-refractivity contribution in [2.75, 3.05) is 19.5 Å². The maximum absolute atomic E-state index is 14.0. The van der Waals surface area contributed by atoms with Crippen LogP contribution in [0.2, 0.25) is 0 Å². The summed E-state index contributed by atoms with van der Waals surface area (Å²) in [6, 6.07) is 7.79. The molecule has 0 aliphatic rings. The van der Waals surface area contributed by atoms with Gasteiger partial charge in [-0.15, -0.1) is 0 Å². The van der Waals surface area contributed by atoms with Crippen LogP contribution in [0.4, 0.5) is 15.9 Å². The van der Waals surface area contributed by atoms with E-state index in [0.717, 1.165) is 0 Å². The number of benzene rings is 1. The van der Waals surface area contributed by atoms with Gasteiger partial charge in [0.1, 0.15) is 11.4 Å². The average Bonchev–Trinajstić information content (AvgIpc) is 2.49. The number of hydrogen-bond donors (Lipinski definition) is 1. The Balaban J connectivity index is 2.38. The SMILES string of the molecule is COC(=O)c1cccnc1Nc1cccc(OC)c1F. The summed E-state index contributed by atoms with van der Waals surface area (Å²) in [6.07, 6.45) is 1.49. The fourth-order valence-electron chi connectivity index (χ4n) is 1.67. The second kappa shape index (κ2) is 6.01. The van der Waals surface area contributed by atoms with Crippen LogP contribution in [0.15, 0.2) is 36.5 Å². The number of rotatable bonds is 4. The van der Waals surface area contributed by atoms with Crippen molar-refractivity contribution in [2.24, 2.45) is 0 Å². The van der Waals surface area contributed by atoms with Crippen molar-refractivity contribution < 1.29 is 18.7 Å². The van der Waals surface area contributed by atoms with Crippen LogP contribution in [0.3, 0.4) is 0 Å². The molecule has 0 amide bonds. The molecule has 5 nitrogen and oxygen atoms in total. The number of anilines is 2. The number of pyridine rings is 1. The van der Waals surface area contributed by atoms with Crippen LogP contribution in [0, 0.1) is 5.82 Å². The van der Waals surface area contributed by atoms with E-state index in [4.69, 9.17) is 4.74 Å². The highest BCUT2D eigenvalue weighted by Crippen LogP contribution is 2.27. The van der Waals surface area contributed by atoms with Gasteiger partial charge >= 0.3 is 5.97 Å². The summed E-state index contributed by atoms with van der Waals surface area (Å²) < 4.78 is 23.6. The number of aromatic nitrogens is 1. The zero-order valence-corrected chi connectivity index (χ0v) is 11.0. The Morgan fingerprint density at radius 3 is 2.75 bits per heavy atom. The molecule has 1 aromatic heterocycles. The van der Waals surface area contributed by atoms with E-state index >= 15 is 0 Å². The number of methoxy groups -OCH3 is 2. The molecule has 0 radical (unpaired) electrons. The highest BCUT2D eigenvalue weighted by atomic mass is 19.1. The van der Waals surface area contributed by atoms with Crippen LogP contribution < -0.4 is 10.1 Å². The Morgan fingerprint density at radius 2 is 2.05 bits per heavy atom. The molecule has 0 fully saturated rings. The third kappa shape index (κ3) is 2.69. The first-order valence-corrected chi connectivity index (χ1v) is 5.80. The largest absolute Gasteiger partial charge is 0.494 e. The number of nitrogens with one attached hydrogen (secondary N) is 1. The van der Waals surface area contributed by atoms with Gasteiger partial charge in [-0.05, 0) is 24.3 Å². The quantitative estimate of drug-likeness (QED) is 0.870. The van der Waals surface area contributed by atoms with E-state index in [-0.39, 0.29) is 22.8 Å². The first-order valence-electron chi connectivity index (χ1n) is 5.80. The Hall–Kier alpha value is -2.63. The maximum Gasteiger partial charge on any atom is 0.341 e. The molecule has 0 spiro atoms. The van der Waals surface area contributed by atoms with Crippen LogP contribution in [-0.4, -0.2) is 25.2 Å². The fourth-order valence-corrected chi connectivity index (χ4v) is 1.67. The van der Waals surface area contributed by atoms with E-state index in [9.17, 15) is 9.18 Å². The number of hydrogen-bond acceptors (Lipinski definition) is 5. The zero-order chi connectivity index (χ0) is 14.5. The minimum atomic E-state index is -0.559. The van der Waals surface area contributed by atoms with Crippen molar-refractivity contribution in [3.8, 4) is 5.75 Å². The van der Waals surface area contributed by atoms with E-state index in [1.165, 1.54) is 32.5 Å². The molecule has 1 heterocycles. The lowest BCUT2D eigenvalue weighted by atomic mass is 10.2. The predicted octanol–water partition coefficient (Wildman–Crippen LogP) is 2.76. The van der Waals surface area contributed by atoms with Crippen LogP contribution in [0.1, 0.15) is 10.4 Å². The summed E-state index contributed by atoms with van der Waals surface area (Å²) in [5.74, 6) is -0.794. The molecule has 0 aliphatic carbocycles. The molecular weight excluding hydrogens is 263 g/mol. The van der Waals surface area contributed by atoms with Gasteiger partial charge in [0.2, 0.25) is 0 Å². The van der Waals surface area contributed by atoms with Crippen molar-refractivity contribution in [3.05, 3.63) is 47.9 Å². The third-order valence-corrected chi connectivity index (χ3v) is 2.65. The van der Waals surface area contributed by atoms with Crippen LogP contribution in [-0.2, 0) is 4.74 Å². The molecule has 2 aromatic rings. The van der Waals surface area contributed by atoms with Crippen LogP contribution >= 0.6 is 0 Å².